The van der Waals surface area contributed by atoms with Gasteiger partial charge < -0.3 is 10.4 Å². The minimum absolute atomic E-state index is 0.235. The third kappa shape index (κ3) is 4.66. The van der Waals surface area contributed by atoms with Gasteiger partial charge in [0, 0.05) is 13.1 Å². The molecule has 1 aromatic carbocycles. The summed E-state index contributed by atoms with van der Waals surface area (Å²) in [5.74, 6) is 0.728. The van der Waals surface area contributed by atoms with E-state index < -0.39 is 0 Å². The van der Waals surface area contributed by atoms with Crippen LogP contribution >= 0.6 is 0 Å². The normalized spacial score (nSPS) is 17.3. The summed E-state index contributed by atoms with van der Waals surface area (Å²) in [7, 11) is 0. The van der Waals surface area contributed by atoms with Crippen molar-refractivity contribution in [2.24, 2.45) is 5.92 Å². The Kier molecular flexibility index (Phi) is 5.38. The zero-order valence-corrected chi connectivity index (χ0v) is 11.3. The Bertz CT molecular complexity index is 415. The van der Waals surface area contributed by atoms with Crippen LogP contribution in [0.15, 0.2) is 24.3 Å². The van der Waals surface area contributed by atoms with Crippen molar-refractivity contribution >= 4 is 0 Å². The Labute approximate surface area is 115 Å². The topological polar surface area (TPSA) is 56.0 Å². The third-order valence-corrected chi connectivity index (χ3v) is 3.87. The minimum atomic E-state index is -0.235. The largest absolute Gasteiger partial charge is 0.392 e. The van der Waals surface area contributed by atoms with Gasteiger partial charge in [0.1, 0.15) is 0 Å². The molecule has 0 spiro atoms. The molecule has 19 heavy (non-hydrogen) atoms. The maximum absolute atomic E-state index is 9.96. The highest BCUT2D eigenvalue weighted by atomic mass is 16.3. The second-order valence-electron chi connectivity index (χ2n) is 5.48. The van der Waals surface area contributed by atoms with E-state index in [1.807, 2.05) is 24.3 Å². The predicted molar refractivity (Wildman–Crippen MR) is 75.4 cm³/mol. The van der Waals surface area contributed by atoms with Crippen molar-refractivity contribution in [3.63, 3.8) is 0 Å². The summed E-state index contributed by atoms with van der Waals surface area (Å²) in [6.07, 6.45) is 5.92. The quantitative estimate of drug-likeness (QED) is 0.824. The van der Waals surface area contributed by atoms with Crippen LogP contribution in [0.25, 0.3) is 0 Å². The number of aliphatic hydroxyl groups is 1. The van der Waals surface area contributed by atoms with E-state index in [2.05, 4.69) is 11.4 Å². The van der Waals surface area contributed by atoms with Crippen LogP contribution in [0.2, 0.25) is 0 Å². The first-order valence-corrected chi connectivity index (χ1v) is 7.16. The molecule has 0 bridgehead atoms. The molecule has 0 amide bonds. The van der Waals surface area contributed by atoms with E-state index >= 15 is 0 Å². The molecule has 2 rings (SSSR count). The standard InChI is InChI=1S/C16H22N2O/c17-10-14-5-7-15(8-6-14)11-18-12-16(19)9-13-3-1-2-4-13/h5-8,13,16,18-19H,1-4,9,11-12H2. The van der Waals surface area contributed by atoms with E-state index in [9.17, 15) is 5.11 Å². The lowest BCUT2D eigenvalue weighted by Crippen LogP contribution is -2.27. The lowest BCUT2D eigenvalue weighted by molar-refractivity contribution is 0.140. The van der Waals surface area contributed by atoms with Gasteiger partial charge in [-0.1, -0.05) is 37.8 Å². The predicted octanol–water partition coefficient (Wildman–Crippen LogP) is 2.59. The SMILES string of the molecule is N#Cc1ccc(CNCC(O)CC2CCCC2)cc1. The zero-order valence-electron chi connectivity index (χ0n) is 11.3. The molecule has 2 N–H and O–H groups in total. The van der Waals surface area contributed by atoms with E-state index in [1.165, 1.54) is 25.7 Å². The average Bonchev–Trinajstić information content (AvgIpc) is 2.92. The summed E-state index contributed by atoms with van der Waals surface area (Å²) in [5.41, 5.74) is 1.83. The number of nitrogens with one attached hydrogen (secondary N) is 1. The van der Waals surface area contributed by atoms with Crippen molar-refractivity contribution in [3.8, 4) is 6.07 Å². The Morgan fingerprint density at radius 2 is 1.95 bits per heavy atom. The highest BCUT2D eigenvalue weighted by molar-refractivity contribution is 5.31. The summed E-state index contributed by atoms with van der Waals surface area (Å²) >= 11 is 0. The van der Waals surface area contributed by atoms with Gasteiger partial charge in [0.2, 0.25) is 0 Å². The average molecular weight is 258 g/mol. The summed E-state index contributed by atoms with van der Waals surface area (Å²) in [5, 5.41) is 22.0. The molecule has 0 aromatic heterocycles. The van der Waals surface area contributed by atoms with E-state index in [1.54, 1.807) is 0 Å². The summed E-state index contributed by atoms with van der Waals surface area (Å²) in [6.45, 7) is 1.39. The number of rotatable bonds is 6. The van der Waals surface area contributed by atoms with Gasteiger partial charge in [-0.3, -0.25) is 0 Å². The van der Waals surface area contributed by atoms with Gasteiger partial charge in [0.15, 0.2) is 0 Å². The fraction of sp³-hybridized carbons (Fsp3) is 0.562. The van der Waals surface area contributed by atoms with Crippen LogP contribution in [-0.4, -0.2) is 17.8 Å². The molecule has 1 saturated carbocycles. The minimum Gasteiger partial charge on any atom is -0.392 e. The number of hydrogen-bond acceptors (Lipinski definition) is 3. The summed E-state index contributed by atoms with van der Waals surface area (Å²) < 4.78 is 0. The van der Waals surface area contributed by atoms with Crippen LogP contribution in [0.5, 0.6) is 0 Å². The molecule has 0 aliphatic heterocycles. The van der Waals surface area contributed by atoms with Crippen LogP contribution < -0.4 is 5.32 Å². The fourth-order valence-corrected chi connectivity index (χ4v) is 2.79. The first kappa shape index (κ1) is 14.0. The van der Waals surface area contributed by atoms with Crippen LogP contribution in [0.1, 0.15) is 43.2 Å². The number of nitrogens with zero attached hydrogens (tertiary/aromatic N) is 1. The Morgan fingerprint density at radius 1 is 1.26 bits per heavy atom. The lowest BCUT2D eigenvalue weighted by atomic mass is 10.00. The van der Waals surface area contributed by atoms with Crippen LogP contribution in [0, 0.1) is 17.2 Å². The third-order valence-electron chi connectivity index (χ3n) is 3.87. The van der Waals surface area contributed by atoms with E-state index in [0.717, 1.165) is 24.4 Å². The molecule has 102 valence electrons. The fourth-order valence-electron chi connectivity index (χ4n) is 2.79. The lowest BCUT2D eigenvalue weighted by Gasteiger charge is -2.16. The smallest absolute Gasteiger partial charge is 0.0991 e. The number of benzene rings is 1. The molecule has 3 heteroatoms. The van der Waals surface area contributed by atoms with Crippen LogP contribution in [-0.2, 0) is 6.54 Å². The van der Waals surface area contributed by atoms with Crippen LogP contribution in [0.3, 0.4) is 0 Å². The maximum atomic E-state index is 9.96. The van der Waals surface area contributed by atoms with Crippen molar-refractivity contribution in [2.75, 3.05) is 6.54 Å². The Balaban J connectivity index is 1.66. The molecule has 0 heterocycles. The van der Waals surface area contributed by atoms with Gasteiger partial charge >= 0.3 is 0 Å². The molecule has 3 nitrogen and oxygen atoms in total. The molecule has 0 saturated heterocycles. The van der Waals surface area contributed by atoms with Gasteiger partial charge in [0.25, 0.3) is 0 Å². The van der Waals surface area contributed by atoms with Crippen molar-refractivity contribution in [1.29, 1.82) is 5.26 Å². The summed E-state index contributed by atoms with van der Waals surface area (Å²) in [6, 6.07) is 9.67. The van der Waals surface area contributed by atoms with E-state index in [4.69, 9.17) is 5.26 Å². The van der Waals surface area contributed by atoms with Crippen molar-refractivity contribution in [2.45, 2.75) is 44.8 Å². The molecular weight excluding hydrogens is 236 g/mol. The van der Waals surface area contributed by atoms with E-state index in [-0.39, 0.29) is 6.10 Å². The van der Waals surface area contributed by atoms with Crippen molar-refractivity contribution in [3.05, 3.63) is 35.4 Å². The highest BCUT2D eigenvalue weighted by Crippen LogP contribution is 2.28. The van der Waals surface area contributed by atoms with Gasteiger partial charge in [-0.05, 0) is 30.0 Å². The first-order chi connectivity index (χ1) is 9.28. The molecule has 1 aliphatic carbocycles. The molecule has 1 unspecified atom stereocenters. The first-order valence-electron chi connectivity index (χ1n) is 7.16. The van der Waals surface area contributed by atoms with Crippen molar-refractivity contribution in [1.82, 2.24) is 5.32 Å². The molecular formula is C16H22N2O. The number of aliphatic hydroxyl groups excluding tert-OH is 1. The summed E-state index contributed by atoms with van der Waals surface area (Å²) in [4.78, 5) is 0. The molecule has 1 aromatic rings. The second kappa shape index (κ2) is 7.28. The van der Waals surface area contributed by atoms with Gasteiger partial charge in [0.05, 0.1) is 17.7 Å². The Hall–Kier alpha value is -1.37. The second-order valence-corrected chi connectivity index (χ2v) is 5.48. The maximum Gasteiger partial charge on any atom is 0.0991 e. The number of hydrogen-bond donors (Lipinski definition) is 2. The van der Waals surface area contributed by atoms with Gasteiger partial charge in [-0.2, -0.15) is 5.26 Å². The van der Waals surface area contributed by atoms with Gasteiger partial charge in [-0.15, -0.1) is 0 Å². The highest BCUT2D eigenvalue weighted by Gasteiger charge is 2.18. The molecule has 1 atom stereocenters. The molecule has 1 aliphatic rings. The van der Waals surface area contributed by atoms with Crippen molar-refractivity contribution < 1.29 is 5.11 Å². The number of nitriles is 1. The van der Waals surface area contributed by atoms with Gasteiger partial charge in [-0.25, -0.2) is 0 Å². The zero-order chi connectivity index (χ0) is 13.5. The van der Waals surface area contributed by atoms with Crippen LogP contribution in [0.4, 0.5) is 0 Å². The molecule has 1 fully saturated rings. The Morgan fingerprint density at radius 3 is 2.58 bits per heavy atom. The van der Waals surface area contributed by atoms with E-state index in [0.29, 0.717) is 12.1 Å². The molecule has 0 radical (unpaired) electrons. The monoisotopic (exact) mass is 258 g/mol.